The van der Waals surface area contributed by atoms with Crippen LogP contribution in [0.3, 0.4) is 0 Å². The number of benzene rings is 1. The molecular weight excluding hydrogens is 314 g/mol. The molecule has 0 N–H and O–H groups in total. The van der Waals surface area contributed by atoms with Gasteiger partial charge in [-0.1, -0.05) is 25.5 Å². The lowest BCUT2D eigenvalue weighted by Gasteiger charge is -2.37. The predicted octanol–water partition coefficient (Wildman–Crippen LogP) is 2.60. The largest absolute Gasteiger partial charge is 0.368 e. The minimum Gasteiger partial charge on any atom is -0.368 e. The zero-order chi connectivity index (χ0) is 18.4. The molecule has 2 amide bonds. The molecule has 0 saturated carbocycles. The minimum absolute atomic E-state index is 0.0102. The average molecular weight is 345 g/mol. The lowest BCUT2D eigenvalue weighted by Crippen LogP contribution is -2.49. The Morgan fingerprint density at radius 3 is 2.44 bits per heavy atom. The summed E-state index contributed by atoms with van der Waals surface area (Å²) in [5, 5.41) is 0. The highest BCUT2D eigenvalue weighted by molar-refractivity contribution is 5.96. The first-order valence-corrected chi connectivity index (χ1v) is 9.27. The smallest absolute Gasteiger partial charge is 0.232 e. The lowest BCUT2D eigenvalue weighted by atomic mass is 10.1. The molecule has 1 aromatic carbocycles. The number of hydrogen-bond acceptors (Lipinski definition) is 3. The van der Waals surface area contributed by atoms with Gasteiger partial charge in [0, 0.05) is 45.5 Å². The van der Waals surface area contributed by atoms with E-state index in [4.69, 9.17) is 0 Å². The molecule has 1 heterocycles. The van der Waals surface area contributed by atoms with Crippen LogP contribution >= 0.6 is 0 Å². The van der Waals surface area contributed by atoms with Gasteiger partial charge in [0.1, 0.15) is 6.42 Å². The number of piperazine rings is 1. The quantitative estimate of drug-likeness (QED) is 0.745. The summed E-state index contributed by atoms with van der Waals surface area (Å²) in [5.41, 5.74) is 3.84. The zero-order valence-electron chi connectivity index (χ0n) is 16.0. The summed E-state index contributed by atoms with van der Waals surface area (Å²) in [4.78, 5) is 30.4. The Bertz CT molecular complexity index is 607. The summed E-state index contributed by atoms with van der Waals surface area (Å²) < 4.78 is 0. The van der Waals surface area contributed by atoms with E-state index in [9.17, 15) is 9.59 Å². The summed E-state index contributed by atoms with van der Waals surface area (Å²) >= 11 is 0. The topological polar surface area (TPSA) is 43.9 Å². The molecule has 2 rings (SSSR count). The molecule has 1 fully saturated rings. The van der Waals surface area contributed by atoms with Crippen LogP contribution in [0.25, 0.3) is 0 Å². The van der Waals surface area contributed by atoms with Gasteiger partial charge >= 0.3 is 0 Å². The molecule has 1 aliphatic rings. The average Bonchev–Trinajstić information content (AvgIpc) is 2.62. The van der Waals surface area contributed by atoms with Crippen molar-refractivity contribution in [2.45, 2.75) is 40.0 Å². The third-order valence-electron chi connectivity index (χ3n) is 5.12. The van der Waals surface area contributed by atoms with Crippen LogP contribution in [0, 0.1) is 13.8 Å². The molecule has 25 heavy (non-hydrogen) atoms. The maximum atomic E-state index is 12.4. The van der Waals surface area contributed by atoms with Crippen LogP contribution < -0.4 is 4.90 Å². The number of anilines is 1. The van der Waals surface area contributed by atoms with Gasteiger partial charge in [-0.2, -0.15) is 0 Å². The minimum atomic E-state index is -0.0737. The second-order valence-corrected chi connectivity index (χ2v) is 6.93. The van der Waals surface area contributed by atoms with E-state index in [1.54, 1.807) is 11.9 Å². The van der Waals surface area contributed by atoms with Crippen LogP contribution in [0.4, 0.5) is 5.69 Å². The van der Waals surface area contributed by atoms with E-state index in [0.29, 0.717) is 13.1 Å². The Labute approximate surface area is 151 Å². The van der Waals surface area contributed by atoms with Crippen molar-refractivity contribution in [3.8, 4) is 0 Å². The van der Waals surface area contributed by atoms with Crippen LogP contribution in [0.2, 0.25) is 0 Å². The third kappa shape index (κ3) is 4.97. The van der Waals surface area contributed by atoms with E-state index >= 15 is 0 Å². The standard InChI is InChI=1S/C20H31N3O2/c1-5-6-10-21(4)19(24)15-20(25)23-13-11-22(12-14-23)18-9-7-8-16(2)17(18)3/h7-9H,5-6,10-15H2,1-4H3. The van der Waals surface area contributed by atoms with Crippen LogP contribution in [-0.2, 0) is 9.59 Å². The number of rotatable bonds is 6. The number of aryl methyl sites for hydroxylation is 1. The normalized spacial score (nSPS) is 14.6. The van der Waals surface area contributed by atoms with Crippen molar-refractivity contribution in [1.82, 2.24) is 9.80 Å². The molecule has 1 saturated heterocycles. The van der Waals surface area contributed by atoms with Crippen molar-refractivity contribution < 1.29 is 9.59 Å². The van der Waals surface area contributed by atoms with E-state index in [1.807, 2.05) is 4.90 Å². The molecule has 138 valence electrons. The molecule has 0 bridgehead atoms. The van der Waals surface area contributed by atoms with E-state index in [-0.39, 0.29) is 18.2 Å². The van der Waals surface area contributed by atoms with Crippen LogP contribution in [0.1, 0.15) is 37.3 Å². The maximum absolute atomic E-state index is 12.4. The van der Waals surface area contributed by atoms with Crippen molar-refractivity contribution in [2.75, 3.05) is 44.7 Å². The SMILES string of the molecule is CCCCN(C)C(=O)CC(=O)N1CCN(c2cccc(C)c2C)CC1. The Hall–Kier alpha value is -2.04. The van der Waals surface area contributed by atoms with Gasteiger partial charge in [-0.15, -0.1) is 0 Å². The van der Waals surface area contributed by atoms with Gasteiger partial charge in [-0.25, -0.2) is 0 Å². The number of carbonyl (C=O) groups is 2. The van der Waals surface area contributed by atoms with E-state index in [0.717, 1.165) is 32.5 Å². The highest BCUT2D eigenvalue weighted by Crippen LogP contribution is 2.24. The molecule has 0 unspecified atom stereocenters. The Balaban J connectivity index is 1.86. The van der Waals surface area contributed by atoms with Crippen molar-refractivity contribution >= 4 is 17.5 Å². The van der Waals surface area contributed by atoms with Crippen LogP contribution in [-0.4, -0.2) is 61.4 Å². The van der Waals surface area contributed by atoms with Gasteiger partial charge in [-0.05, 0) is 37.5 Å². The highest BCUT2D eigenvalue weighted by atomic mass is 16.2. The number of unbranched alkanes of at least 4 members (excludes halogenated alkanes) is 1. The van der Waals surface area contributed by atoms with Crippen molar-refractivity contribution in [3.63, 3.8) is 0 Å². The second-order valence-electron chi connectivity index (χ2n) is 6.93. The fraction of sp³-hybridized carbons (Fsp3) is 0.600. The summed E-state index contributed by atoms with van der Waals surface area (Å²) in [6.07, 6.45) is 2.01. The molecule has 5 heteroatoms. The first-order chi connectivity index (χ1) is 11.9. The number of amides is 2. The van der Waals surface area contributed by atoms with Gasteiger partial charge in [0.2, 0.25) is 11.8 Å². The van der Waals surface area contributed by atoms with Gasteiger partial charge in [-0.3, -0.25) is 9.59 Å². The Morgan fingerprint density at radius 1 is 1.12 bits per heavy atom. The Kier molecular flexibility index (Phi) is 6.85. The molecular formula is C20H31N3O2. The van der Waals surface area contributed by atoms with E-state index in [1.165, 1.54) is 16.8 Å². The van der Waals surface area contributed by atoms with E-state index in [2.05, 4.69) is 43.9 Å². The predicted molar refractivity (Wildman–Crippen MR) is 102 cm³/mol. The summed E-state index contributed by atoms with van der Waals surface area (Å²) in [6.45, 7) is 10.1. The first-order valence-electron chi connectivity index (χ1n) is 9.27. The lowest BCUT2D eigenvalue weighted by molar-refractivity contribution is -0.140. The molecule has 5 nitrogen and oxygen atoms in total. The molecule has 0 atom stereocenters. The van der Waals surface area contributed by atoms with Crippen LogP contribution in [0.15, 0.2) is 18.2 Å². The first kappa shape index (κ1) is 19.3. The van der Waals surface area contributed by atoms with Crippen molar-refractivity contribution in [1.29, 1.82) is 0 Å². The monoisotopic (exact) mass is 345 g/mol. The molecule has 1 aromatic rings. The molecule has 0 radical (unpaired) electrons. The van der Waals surface area contributed by atoms with Gasteiger partial charge in [0.25, 0.3) is 0 Å². The van der Waals surface area contributed by atoms with Crippen molar-refractivity contribution in [3.05, 3.63) is 29.3 Å². The molecule has 0 aliphatic carbocycles. The number of hydrogen-bond donors (Lipinski definition) is 0. The molecule has 0 spiro atoms. The maximum Gasteiger partial charge on any atom is 0.232 e. The third-order valence-corrected chi connectivity index (χ3v) is 5.12. The fourth-order valence-electron chi connectivity index (χ4n) is 3.17. The summed E-state index contributed by atoms with van der Waals surface area (Å²) in [5.74, 6) is -0.121. The number of carbonyl (C=O) groups excluding carboxylic acids is 2. The van der Waals surface area contributed by atoms with Crippen molar-refractivity contribution in [2.24, 2.45) is 0 Å². The van der Waals surface area contributed by atoms with Gasteiger partial charge < -0.3 is 14.7 Å². The van der Waals surface area contributed by atoms with Crippen LogP contribution in [0.5, 0.6) is 0 Å². The molecule has 0 aromatic heterocycles. The van der Waals surface area contributed by atoms with Gasteiger partial charge in [0.05, 0.1) is 0 Å². The van der Waals surface area contributed by atoms with E-state index < -0.39 is 0 Å². The highest BCUT2D eigenvalue weighted by Gasteiger charge is 2.24. The molecule has 1 aliphatic heterocycles. The fourth-order valence-corrected chi connectivity index (χ4v) is 3.17. The second kappa shape index (κ2) is 8.88. The summed E-state index contributed by atoms with van der Waals surface area (Å²) in [6, 6.07) is 6.35. The zero-order valence-corrected chi connectivity index (χ0v) is 16.0. The Morgan fingerprint density at radius 2 is 1.80 bits per heavy atom. The number of nitrogens with zero attached hydrogens (tertiary/aromatic N) is 3. The van der Waals surface area contributed by atoms with Gasteiger partial charge in [0.15, 0.2) is 0 Å². The summed E-state index contributed by atoms with van der Waals surface area (Å²) in [7, 11) is 1.78.